The van der Waals surface area contributed by atoms with Crippen LogP contribution in [0.5, 0.6) is 5.75 Å². The van der Waals surface area contributed by atoms with Crippen LogP contribution in [0.1, 0.15) is 27.3 Å². The third-order valence-electron chi connectivity index (χ3n) is 4.25. The maximum atomic E-state index is 12.4. The first-order valence-electron chi connectivity index (χ1n) is 8.43. The van der Waals surface area contributed by atoms with Crippen molar-refractivity contribution in [2.24, 2.45) is 5.10 Å². The minimum atomic E-state index is -0.692. The molecular formula is C20H18N4O4. The maximum Gasteiger partial charge on any atom is 0.311 e. The Balaban J connectivity index is 1.78. The number of amides is 1. The van der Waals surface area contributed by atoms with Crippen molar-refractivity contribution in [3.63, 3.8) is 0 Å². The number of para-hydroxylation sites is 1. The first kappa shape index (κ1) is 18.8. The molecule has 8 heteroatoms. The molecule has 0 atom stereocenters. The molecule has 28 heavy (non-hydrogen) atoms. The van der Waals surface area contributed by atoms with Gasteiger partial charge in [0, 0.05) is 34.3 Å². The van der Waals surface area contributed by atoms with E-state index in [0.29, 0.717) is 5.56 Å². The van der Waals surface area contributed by atoms with Gasteiger partial charge in [-0.15, -0.1) is 0 Å². The van der Waals surface area contributed by atoms with E-state index in [1.54, 1.807) is 18.2 Å². The second-order valence-electron chi connectivity index (χ2n) is 6.17. The number of hydrazone groups is 1. The lowest BCUT2D eigenvalue weighted by Crippen LogP contribution is -2.18. The number of phenols is 1. The van der Waals surface area contributed by atoms with Crippen LogP contribution in [0.25, 0.3) is 5.69 Å². The number of hydrogen-bond acceptors (Lipinski definition) is 5. The van der Waals surface area contributed by atoms with E-state index in [9.17, 15) is 20.0 Å². The monoisotopic (exact) mass is 378 g/mol. The quantitative estimate of drug-likeness (QED) is 0.402. The zero-order valence-corrected chi connectivity index (χ0v) is 15.3. The first-order chi connectivity index (χ1) is 13.4. The fourth-order valence-corrected chi connectivity index (χ4v) is 2.89. The number of nitro benzene ring substituents is 1. The number of nitrogens with zero attached hydrogens (tertiary/aromatic N) is 3. The van der Waals surface area contributed by atoms with Gasteiger partial charge < -0.3 is 9.67 Å². The van der Waals surface area contributed by atoms with Gasteiger partial charge in [0.2, 0.25) is 5.75 Å². The molecule has 0 unspecified atom stereocenters. The van der Waals surface area contributed by atoms with Gasteiger partial charge in [0.25, 0.3) is 5.91 Å². The Morgan fingerprint density at radius 1 is 1.14 bits per heavy atom. The number of aromatic nitrogens is 1. The van der Waals surface area contributed by atoms with Crippen LogP contribution >= 0.6 is 0 Å². The summed E-state index contributed by atoms with van der Waals surface area (Å²) >= 11 is 0. The van der Waals surface area contributed by atoms with Crippen molar-refractivity contribution < 1.29 is 14.8 Å². The third-order valence-corrected chi connectivity index (χ3v) is 4.25. The summed E-state index contributed by atoms with van der Waals surface area (Å²) in [5, 5.41) is 24.5. The van der Waals surface area contributed by atoms with Crippen molar-refractivity contribution in [1.82, 2.24) is 9.99 Å². The summed E-state index contributed by atoms with van der Waals surface area (Å²) in [6.07, 6.45) is 1.16. The molecule has 142 valence electrons. The molecule has 0 fully saturated rings. The van der Waals surface area contributed by atoms with Crippen LogP contribution in [-0.2, 0) is 0 Å². The predicted octanol–water partition coefficient (Wildman–Crippen LogP) is 3.47. The molecule has 0 saturated carbocycles. The van der Waals surface area contributed by atoms with Crippen LogP contribution in [0.2, 0.25) is 0 Å². The largest absolute Gasteiger partial charge is 0.502 e. The summed E-state index contributed by atoms with van der Waals surface area (Å²) in [6, 6.07) is 15.1. The molecule has 3 rings (SSSR count). The Morgan fingerprint density at radius 3 is 2.50 bits per heavy atom. The minimum Gasteiger partial charge on any atom is -0.502 e. The SMILES string of the molecule is Cc1ccc(C)n1-c1cccc(C(=O)N/N=C\c2cccc([N+](=O)[O-])c2O)c1. The van der Waals surface area contributed by atoms with Crippen LogP contribution in [0, 0.1) is 24.0 Å². The molecular weight excluding hydrogens is 360 g/mol. The number of benzene rings is 2. The van der Waals surface area contributed by atoms with Gasteiger partial charge in [-0.05, 0) is 50.2 Å². The average molecular weight is 378 g/mol. The number of carbonyl (C=O) groups is 1. The molecule has 8 nitrogen and oxygen atoms in total. The summed E-state index contributed by atoms with van der Waals surface area (Å²) in [7, 11) is 0. The molecule has 0 saturated heterocycles. The highest BCUT2D eigenvalue weighted by molar-refractivity contribution is 5.95. The normalized spacial score (nSPS) is 10.9. The fraction of sp³-hybridized carbons (Fsp3) is 0.100. The number of rotatable bonds is 5. The van der Waals surface area contributed by atoms with Crippen molar-refractivity contribution >= 4 is 17.8 Å². The molecule has 0 aliphatic heterocycles. The predicted molar refractivity (Wildman–Crippen MR) is 105 cm³/mol. The molecule has 2 N–H and O–H groups in total. The van der Waals surface area contributed by atoms with E-state index in [4.69, 9.17) is 0 Å². The lowest BCUT2D eigenvalue weighted by Gasteiger charge is -2.10. The molecule has 1 aromatic heterocycles. The molecule has 0 radical (unpaired) electrons. The number of aryl methyl sites for hydroxylation is 2. The van der Waals surface area contributed by atoms with Crippen LogP contribution in [0.4, 0.5) is 5.69 Å². The van der Waals surface area contributed by atoms with Crippen molar-refractivity contribution in [1.29, 1.82) is 0 Å². The summed E-state index contributed by atoms with van der Waals surface area (Å²) < 4.78 is 2.03. The Labute approximate surface area is 160 Å². The van der Waals surface area contributed by atoms with E-state index in [2.05, 4.69) is 10.5 Å². The lowest BCUT2D eigenvalue weighted by molar-refractivity contribution is -0.385. The Bertz CT molecular complexity index is 1070. The number of nitro groups is 1. The molecule has 3 aromatic rings. The van der Waals surface area contributed by atoms with Gasteiger partial charge in [-0.2, -0.15) is 5.10 Å². The van der Waals surface area contributed by atoms with E-state index >= 15 is 0 Å². The Kier molecular flexibility index (Phi) is 5.21. The van der Waals surface area contributed by atoms with Gasteiger partial charge in [0.15, 0.2) is 0 Å². The van der Waals surface area contributed by atoms with Gasteiger partial charge in [-0.1, -0.05) is 12.1 Å². The highest BCUT2D eigenvalue weighted by atomic mass is 16.6. The maximum absolute atomic E-state index is 12.4. The Hall–Kier alpha value is -3.94. The summed E-state index contributed by atoms with van der Waals surface area (Å²) in [5.74, 6) is -0.948. The molecule has 0 spiro atoms. The van der Waals surface area contributed by atoms with Gasteiger partial charge in [0.05, 0.1) is 11.1 Å². The van der Waals surface area contributed by atoms with E-state index in [1.807, 2.05) is 36.6 Å². The number of nitrogens with one attached hydrogen (secondary N) is 1. The van der Waals surface area contributed by atoms with Crippen molar-refractivity contribution in [2.75, 3.05) is 0 Å². The molecule has 0 bridgehead atoms. The number of phenolic OH excluding ortho intramolecular Hbond substituents is 1. The van der Waals surface area contributed by atoms with Gasteiger partial charge in [-0.25, -0.2) is 5.43 Å². The van der Waals surface area contributed by atoms with Crippen LogP contribution in [0.3, 0.4) is 0 Å². The number of hydrogen-bond donors (Lipinski definition) is 2. The van der Waals surface area contributed by atoms with Gasteiger partial charge in [0.1, 0.15) is 0 Å². The number of carbonyl (C=O) groups excluding carboxylic acids is 1. The Morgan fingerprint density at radius 2 is 1.82 bits per heavy atom. The van der Waals surface area contributed by atoms with Crippen molar-refractivity contribution in [3.05, 3.63) is 87.2 Å². The molecule has 1 amide bonds. The van der Waals surface area contributed by atoms with E-state index < -0.39 is 22.3 Å². The van der Waals surface area contributed by atoms with Crippen LogP contribution < -0.4 is 5.43 Å². The van der Waals surface area contributed by atoms with Crippen LogP contribution in [0.15, 0.2) is 59.7 Å². The zero-order chi connectivity index (χ0) is 20.3. The summed E-state index contributed by atoms with van der Waals surface area (Å²) in [5.41, 5.74) is 5.42. The summed E-state index contributed by atoms with van der Waals surface area (Å²) in [4.78, 5) is 22.5. The number of aromatic hydroxyl groups is 1. The highest BCUT2D eigenvalue weighted by Crippen LogP contribution is 2.27. The van der Waals surface area contributed by atoms with Crippen molar-refractivity contribution in [3.8, 4) is 11.4 Å². The highest BCUT2D eigenvalue weighted by Gasteiger charge is 2.15. The minimum absolute atomic E-state index is 0.127. The molecule has 0 aliphatic rings. The topological polar surface area (TPSA) is 110 Å². The second-order valence-corrected chi connectivity index (χ2v) is 6.17. The fourth-order valence-electron chi connectivity index (χ4n) is 2.89. The lowest BCUT2D eigenvalue weighted by atomic mass is 10.2. The molecule has 2 aromatic carbocycles. The van der Waals surface area contributed by atoms with E-state index in [-0.39, 0.29) is 5.56 Å². The molecule has 1 heterocycles. The zero-order valence-electron chi connectivity index (χ0n) is 15.3. The first-order valence-corrected chi connectivity index (χ1v) is 8.43. The summed E-state index contributed by atoms with van der Waals surface area (Å²) in [6.45, 7) is 3.96. The second kappa shape index (κ2) is 7.75. The average Bonchev–Trinajstić information content (AvgIpc) is 3.01. The third kappa shape index (κ3) is 3.75. The van der Waals surface area contributed by atoms with E-state index in [1.165, 1.54) is 18.2 Å². The standard InChI is InChI=1S/C20H18N4O4/c1-13-9-10-14(2)23(13)17-7-3-5-15(11-17)20(26)22-21-12-16-6-4-8-18(19(16)25)24(27)28/h3-12,25H,1-2H3,(H,22,26)/b21-12-. The van der Waals surface area contributed by atoms with E-state index in [0.717, 1.165) is 23.3 Å². The van der Waals surface area contributed by atoms with Crippen molar-refractivity contribution in [2.45, 2.75) is 13.8 Å². The van der Waals surface area contributed by atoms with Gasteiger partial charge >= 0.3 is 5.69 Å². The molecule has 0 aliphatic carbocycles. The van der Waals surface area contributed by atoms with Crippen LogP contribution in [-0.4, -0.2) is 26.7 Å². The smallest absolute Gasteiger partial charge is 0.311 e. The van der Waals surface area contributed by atoms with Gasteiger partial charge in [-0.3, -0.25) is 14.9 Å².